The summed E-state index contributed by atoms with van der Waals surface area (Å²) in [7, 11) is -3.85. The SMILES string of the molecule is C=C[C@@H]1C[C@]1(CC(=O)[C@@H]1C[C@@H]2CN1C(=O)[C@H](C(C)(C)C)NC(=O)OCCCCC/C=C/c1ccccc1CCC(=O)N2)C(=O)NS(=O)(=O)C1CC1. The number of sulfonamides is 1. The smallest absolute Gasteiger partial charge is 0.407 e. The monoisotopic (exact) mass is 724 g/mol. The Balaban J connectivity index is 1.39. The lowest BCUT2D eigenvalue weighted by atomic mass is 9.85. The number of carbonyl (C=O) groups is 5. The molecule has 1 aromatic rings. The number of ether oxygens (including phenoxy) is 1. The van der Waals surface area contributed by atoms with Crippen LogP contribution >= 0.6 is 0 Å². The largest absolute Gasteiger partial charge is 0.450 e. The number of alkyl carbamates (subject to hydrolysis) is 1. The van der Waals surface area contributed by atoms with E-state index in [0.29, 0.717) is 25.7 Å². The fourth-order valence-electron chi connectivity index (χ4n) is 7.16. The van der Waals surface area contributed by atoms with E-state index in [4.69, 9.17) is 4.74 Å². The maximum atomic E-state index is 14.4. The predicted octanol–water partition coefficient (Wildman–Crippen LogP) is 4.19. The molecule has 12 nitrogen and oxygen atoms in total. The highest BCUT2D eigenvalue weighted by Crippen LogP contribution is 2.57. The average Bonchev–Trinajstić information content (AvgIpc) is 4.00. The van der Waals surface area contributed by atoms with E-state index in [1.54, 1.807) is 26.8 Å². The number of cyclic esters (lactones) is 1. The van der Waals surface area contributed by atoms with Gasteiger partial charge < -0.3 is 20.3 Å². The van der Waals surface area contributed by atoms with Gasteiger partial charge in [0.05, 0.1) is 23.3 Å². The van der Waals surface area contributed by atoms with Gasteiger partial charge in [-0.3, -0.25) is 23.9 Å². The Hall–Kier alpha value is -4.00. The number of carbonyl (C=O) groups excluding carboxylic acids is 5. The second-order valence-corrected chi connectivity index (χ2v) is 17.5. The molecule has 278 valence electrons. The summed E-state index contributed by atoms with van der Waals surface area (Å²) in [4.78, 5) is 69.7. The number of aryl methyl sites for hydroxylation is 1. The van der Waals surface area contributed by atoms with E-state index in [9.17, 15) is 32.4 Å². The van der Waals surface area contributed by atoms with Crippen LogP contribution in [0.4, 0.5) is 4.79 Å². The number of hydrogen-bond acceptors (Lipinski definition) is 8. The molecular formula is C38H52N4O8S. The molecule has 0 unspecified atom stereocenters. The molecule has 0 radical (unpaired) electrons. The lowest BCUT2D eigenvalue weighted by Gasteiger charge is -2.35. The van der Waals surface area contributed by atoms with Gasteiger partial charge in [-0.05, 0) is 80.2 Å². The Kier molecular flexibility index (Phi) is 11.8. The lowest BCUT2D eigenvalue weighted by molar-refractivity contribution is -0.142. The first-order valence-corrected chi connectivity index (χ1v) is 19.7. The zero-order chi connectivity index (χ0) is 37.0. The van der Waals surface area contributed by atoms with Gasteiger partial charge in [-0.15, -0.1) is 6.58 Å². The molecule has 1 saturated heterocycles. The fourth-order valence-corrected chi connectivity index (χ4v) is 8.55. The van der Waals surface area contributed by atoms with Crippen molar-refractivity contribution in [3.05, 3.63) is 54.1 Å². The van der Waals surface area contributed by atoms with E-state index in [1.165, 1.54) is 4.90 Å². The Labute approximate surface area is 301 Å². The topological polar surface area (TPSA) is 168 Å². The number of hydrogen-bond donors (Lipinski definition) is 3. The summed E-state index contributed by atoms with van der Waals surface area (Å²) in [5.74, 6) is -2.30. The van der Waals surface area contributed by atoms with Crippen LogP contribution < -0.4 is 15.4 Å². The molecule has 2 heterocycles. The number of nitrogens with one attached hydrogen (secondary N) is 3. The Bertz CT molecular complexity index is 1660. The molecule has 0 spiro atoms. The standard InChI is InChI=1S/C38H52N4O8S/c1-5-27-22-38(27,35(46)41-51(48,49)29-17-18-29)23-31(43)30-21-28-24-42(30)34(45)33(37(2,3)4)40-36(47)50-20-12-8-6-7-9-13-25-14-10-11-15-26(25)16-19-32(44)39-28/h5,9-11,13-15,27-30,33H,1,6-8,12,16-24H2,2-4H3,(H,39,44)(H,40,47)(H,41,46)/b13-9+/t27-,28-,30+,33-,38-/m1/s1. The number of ketones is 1. The molecule has 4 amide bonds. The van der Waals surface area contributed by atoms with Crippen molar-refractivity contribution in [2.24, 2.45) is 16.7 Å². The Morgan fingerprint density at radius 1 is 1.08 bits per heavy atom. The summed E-state index contributed by atoms with van der Waals surface area (Å²) >= 11 is 0. The van der Waals surface area contributed by atoms with Gasteiger partial charge in [-0.1, -0.05) is 63.3 Å². The normalized spacial score (nSPS) is 28.9. The molecule has 51 heavy (non-hydrogen) atoms. The molecule has 2 saturated carbocycles. The predicted molar refractivity (Wildman–Crippen MR) is 192 cm³/mol. The third kappa shape index (κ3) is 9.46. The second kappa shape index (κ2) is 15.7. The van der Waals surface area contributed by atoms with Crippen LogP contribution in [0.25, 0.3) is 6.08 Å². The molecular weight excluding hydrogens is 673 g/mol. The van der Waals surface area contributed by atoms with E-state index >= 15 is 0 Å². The average molecular weight is 725 g/mol. The van der Waals surface area contributed by atoms with E-state index in [1.807, 2.05) is 24.3 Å². The number of rotatable bonds is 7. The number of fused-ring (bicyclic) bond motifs is 3. The molecule has 13 heteroatoms. The van der Waals surface area contributed by atoms with E-state index in [0.717, 1.165) is 30.4 Å². The Morgan fingerprint density at radius 3 is 2.51 bits per heavy atom. The molecule has 3 N–H and O–H groups in total. The number of amides is 4. The van der Waals surface area contributed by atoms with E-state index in [-0.39, 0.29) is 44.7 Å². The fraction of sp³-hybridized carbons (Fsp3) is 0.605. The number of benzene rings is 1. The van der Waals surface area contributed by atoms with Gasteiger partial charge in [0, 0.05) is 25.4 Å². The van der Waals surface area contributed by atoms with Gasteiger partial charge in [0.25, 0.3) is 0 Å². The van der Waals surface area contributed by atoms with Gasteiger partial charge >= 0.3 is 6.09 Å². The molecule has 2 aliphatic heterocycles. The van der Waals surface area contributed by atoms with Crippen LogP contribution in [0.5, 0.6) is 0 Å². The van der Waals surface area contributed by atoms with Crippen molar-refractivity contribution in [3.8, 4) is 0 Å². The molecule has 3 fully saturated rings. The minimum Gasteiger partial charge on any atom is -0.450 e. The van der Waals surface area contributed by atoms with Crippen LogP contribution in [0.3, 0.4) is 0 Å². The minimum absolute atomic E-state index is 0.0176. The summed E-state index contributed by atoms with van der Waals surface area (Å²) in [5.41, 5.74) is -0.00535. The lowest BCUT2D eigenvalue weighted by Crippen LogP contribution is -2.57. The van der Waals surface area contributed by atoms with Gasteiger partial charge in [0.2, 0.25) is 27.7 Å². The number of allylic oxidation sites excluding steroid dienone is 2. The van der Waals surface area contributed by atoms with Crippen LogP contribution in [0.2, 0.25) is 0 Å². The van der Waals surface area contributed by atoms with Crippen molar-refractivity contribution >= 4 is 45.7 Å². The molecule has 4 aliphatic rings. The quantitative estimate of drug-likeness (QED) is 0.352. The summed E-state index contributed by atoms with van der Waals surface area (Å²) in [6, 6.07) is 5.25. The third-order valence-corrected chi connectivity index (χ3v) is 12.3. The zero-order valence-corrected chi connectivity index (χ0v) is 30.8. The number of nitrogens with zero attached hydrogens (tertiary/aromatic N) is 1. The first-order chi connectivity index (χ1) is 24.1. The summed E-state index contributed by atoms with van der Waals surface area (Å²) in [6.45, 7) is 9.39. The van der Waals surface area contributed by atoms with Crippen LogP contribution in [-0.2, 0) is 40.4 Å². The van der Waals surface area contributed by atoms with Crippen LogP contribution in [0, 0.1) is 16.7 Å². The molecule has 5 atom stereocenters. The summed E-state index contributed by atoms with van der Waals surface area (Å²) in [6.07, 6.45) is 9.98. The first kappa shape index (κ1) is 38.2. The molecule has 2 bridgehead atoms. The van der Waals surface area contributed by atoms with Crippen molar-refractivity contribution in [3.63, 3.8) is 0 Å². The highest BCUT2D eigenvalue weighted by Gasteiger charge is 2.61. The molecule has 0 aromatic heterocycles. The highest BCUT2D eigenvalue weighted by molar-refractivity contribution is 7.90. The minimum atomic E-state index is -3.85. The van der Waals surface area contributed by atoms with Gasteiger partial charge in [0.1, 0.15) is 6.04 Å². The summed E-state index contributed by atoms with van der Waals surface area (Å²) < 4.78 is 33.0. The van der Waals surface area contributed by atoms with E-state index < -0.39 is 73.8 Å². The van der Waals surface area contributed by atoms with Gasteiger partial charge in [-0.2, -0.15) is 0 Å². The summed E-state index contributed by atoms with van der Waals surface area (Å²) in [5, 5.41) is 5.14. The van der Waals surface area contributed by atoms with Crippen LogP contribution in [-0.4, -0.2) is 79.4 Å². The van der Waals surface area contributed by atoms with Crippen LogP contribution in [0.1, 0.15) is 96.1 Å². The maximum Gasteiger partial charge on any atom is 0.407 e. The third-order valence-electron chi connectivity index (χ3n) is 10.5. The van der Waals surface area contributed by atoms with Crippen molar-refractivity contribution in [2.75, 3.05) is 13.2 Å². The Morgan fingerprint density at radius 2 is 1.82 bits per heavy atom. The highest BCUT2D eigenvalue weighted by atomic mass is 32.2. The zero-order valence-electron chi connectivity index (χ0n) is 29.9. The van der Waals surface area contributed by atoms with Crippen molar-refractivity contribution in [1.82, 2.24) is 20.3 Å². The molecule has 5 rings (SSSR count). The van der Waals surface area contributed by atoms with Gasteiger partial charge in [-0.25, -0.2) is 13.2 Å². The first-order valence-electron chi connectivity index (χ1n) is 18.1. The number of Topliss-reactive ketones (excluding diaryl/α,β-unsaturated/α-hetero) is 1. The second-order valence-electron chi connectivity index (χ2n) is 15.6. The van der Waals surface area contributed by atoms with Gasteiger partial charge in [0.15, 0.2) is 5.78 Å². The molecule has 1 aromatic carbocycles. The maximum absolute atomic E-state index is 14.4. The van der Waals surface area contributed by atoms with Crippen molar-refractivity contribution in [2.45, 2.75) is 115 Å². The van der Waals surface area contributed by atoms with Crippen molar-refractivity contribution in [1.29, 1.82) is 0 Å². The van der Waals surface area contributed by atoms with E-state index in [2.05, 4.69) is 34.1 Å². The van der Waals surface area contributed by atoms with Crippen LogP contribution in [0.15, 0.2) is 43.0 Å². The van der Waals surface area contributed by atoms with Crippen molar-refractivity contribution < 1.29 is 37.1 Å². The molecule has 2 aliphatic carbocycles.